The van der Waals surface area contributed by atoms with Crippen molar-refractivity contribution in [1.29, 1.82) is 0 Å². The highest BCUT2D eigenvalue weighted by Gasteiger charge is 2.32. The van der Waals surface area contributed by atoms with Crippen molar-refractivity contribution in [3.63, 3.8) is 0 Å². The van der Waals surface area contributed by atoms with E-state index in [0.29, 0.717) is 28.5 Å². The molecule has 3 unspecified atom stereocenters. The summed E-state index contributed by atoms with van der Waals surface area (Å²) in [5, 5.41) is 25.0. The number of amides is 1. The molecule has 0 radical (unpaired) electrons. The van der Waals surface area contributed by atoms with Gasteiger partial charge in [0.05, 0.1) is 24.4 Å². The lowest BCUT2D eigenvalue weighted by Crippen LogP contribution is -2.32. The van der Waals surface area contributed by atoms with Gasteiger partial charge in [-0.2, -0.15) is 4.73 Å². The summed E-state index contributed by atoms with van der Waals surface area (Å²) in [7, 11) is 0. The Bertz CT molecular complexity index is 1350. The van der Waals surface area contributed by atoms with Crippen LogP contribution < -0.4 is 10.0 Å². The first kappa shape index (κ1) is 25.9. The van der Waals surface area contributed by atoms with Gasteiger partial charge in [-0.25, -0.2) is 0 Å². The fourth-order valence-electron chi connectivity index (χ4n) is 4.15. The number of ether oxygens (including phenoxy) is 2. The zero-order valence-corrected chi connectivity index (χ0v) is 21.3. The maximum absolute atomic E-state index is 12.5. The number of aliphatic hydroxyl groups excluding tert-OH is 1. The zero-order valence-electron chi connectivity index (χ0n) is 20.5. The topological polar surface area (TPSA) is 108 Å². The average molecular weight is 530 g/mol. The predicted octanol–water partition coefficient (Wildman–Crippen LogP) is 4.80. The van der Waals surface area contributed by atoms with Gasteiger partial charge in [-0.05, 0) is 41.5 Å². The number of carbonyl (C=O) groups excluding carboxylic acids is 1. The molecule has 0 saturated carbocycles. The fourth-order valence-corrected chi connectivity index (χ4v) is 5.08. The van der Waals surface area contributed by atoms with Crippen LogP contribution in [0.15, 0.2) is 102 Å². The standard InChI is InChI=1S/C29H27N3O5S/c33-18-20-6-8-21(9-7-20)26-16-25(19-38-27-5-1-2-15-32(27)35)36-29(37-26)22-10-12-24(13-11-22)31-28(34)23-4-3-14-30-17-23/h1-15,17,25-26,29,33H,16,18-19H2,(H,31,34). The first-order valence-corrected chi connectivity index (χ1v) is 13.2. The van der Waals surface area contributed by atoms with Crippen LogP contribution in [-0.2, 0) is 16.1 Å². The van der Waals surface area contributed by atoms with E-state index in [1.807, 2.05) is 54.6 Å². The molecule has 1 aliphatic heterocycles. The second kappa shape index (κ2) is 12.2. The van der Waals surface area contributed by atoms with E-state index in [1.54, 1.807) is 30.5 Å². The maximum Gasteiger partial charge on any atom is 0.257 e. The highest BCUT2D eigenvalue weighted by molar-refractivity contribution is 7.99. The van der Waals surface area contributed by atoms with Crippen LogP contribution in [0.5, 0.6) is 0 Å². The molecule has 0 spiro atoms. The number of nitrogens with zero attached hydrogens (tertiary/aromatic N) is 2. The highest BCUT2D eigenvalue weighted by Crippen LogP contribution is 2.39. The van der Waals surface area contributed by atoms with Gasteiger partial charge < -0.3 is 25.1 Å². The number of benzene rings is 2. The summed E-state index contributed by atoms with van der Waals surface area (Å²) in [6, 6.07) is 23.8. The number of hydrogen-bond donors (Lipinski definition) is 2. The van der Waals surface area contributed by atoms with E-state index in [2.05, 4.69) is 10.3 Å². The second-order valence-corrected chi connectivity index (χ2v) is 9.88. The molecule has 1 saturated heterocycles. The van der Waals surface area contributed by atoms with Crippen LogP contribution in [0.25, 0.3) is 0 Å². The third kappa shape index (κ3) is 6.38. The molecular weight excluding hydrogens is 502 g/mol. The summed E-state index contributed by atoms with van der Waals surface area (Å²) < 4.78 is 13.6. The minimum atomic E-state index is -0.630. The lowest BCUT2D eigenvalue weighted by Gasteiger charge is -2.36. The van der Waals surface area contributed by atoms with Crippen molar-refractivity contribution in [2.24, 2.45) is 0 Å². The number of nitrogens with one attached hydrogen (secondary N) is 1. The first-order valence-electron chi connectivity index (χ1n) is 12.2. The molecule has 5 rings (SSSR count). The molecule has 2 aromatic carbocycles. The van der Waals surface area contributed by atoms with Crippen LogP contribution >= 0.6 is 11.8 Å². The smallest absolute Gasteiger partial charge is 0.257 e. The molecular formula is C29H27N3O5S. The lowest BCUT2D eigenvalue weighted by molar-refractivity contribution is -0.645. The third-order valence-corrected chi connectivity index (χ3v) is 7.34. The number of hydrogen-bond acceptors (Lipinski definition) is 7. The lowest BCUT2D eigenvalue weighted by atomic mass is 10.0. The van der Waals surface area contributed by atoms with Gasteiger partial charge in [-0.1, -0.05) is 48.2 Å². The molecule has 0 aliphatic carbocycles. The normalized spacial score (nSPS) is 19.1. The van der Waals surface area contributed by atoms with Crippen molar-refractivity contribution in [3.05, 3.63) is 125 Å². The molecule has 38 heavy (non-hydrogen) atoms. The number of anilines is 1. The Morgan fingerprint density at radius 1 is 1.03 bits per heavy atom. The largest absolute Gasteiger partial charge is 0.618 e. The van der Waals surface area contributed by atoms with Gasteiger partial charge in [-0.3, -0.25) is 9.78 Å². The van der Waals surface area contributed by atoms with Crippen molar-refractivity contribution in [2.45, 2.75) is 36.6 Å². The molecule has 1 fully saturated rings. The van der Waals surface area contributed by atoms with Crippen LogP contribution in [0.1, 0.15) is 45.9 Å². The SMILES string of the molecule is O=C(Nc1ccc(C2OC(CSc3cccc[n+]3[O-])CC(c3ccc(CO)cc3)O2)cc1)c1cccnc1. The van der Waals surface area contributed by atoms with Crippen molar-refractivity contribution in [1.82, 2.24) is 4.98 Å². The minimum absolute atomic E-state index is 0.0211. The Labute approximate surface area is 224 Å². The Morgan fingerprint density at radius 2 is 1.82 bits per heavy atom. The van der Waals surface area contributed by atoms with E-state index >= 15 is 0 Å². The number of rotatable bonds is 8. The Morgan fingerprint density at radius 3 is 2.53 bits per heavy atom. The summed E-state index contributed by atoms with van der Waals surface area (Å²) in [6.45, 7) is -0.0211. The monoisotopic (exact) mass is 529 g/mol. The molecule has 1 aliphatic rings. The number of thioether (sulfide) groups is 1. The molecule has 194 valence electrons. The van der Waals surface area contributed by atoms with Gasteiger partial charge in [0, 0.05) is 48.0 Å². The van der Waals surface area contributed by atoms with Gasteiger partial charge in [0.15, 0.2) is 12.5 Å². The molecule has 3 heterocycles. The van der Waals surface area contributed by atoms with Crippen molar-refractivity contribution >= 4 is 23.4 Å². The molecule has 4 aromatic rings. The number of pyridine rings is 2. The number of aliphatic hydroxyl groups is 1. The fraction of sp³-hybridized carbons (Fsp3) is 0.207. The second-order valence-electron chi connectivity index (χ2n) is 8.84. The summed E-state index contributed by atoms with van der Waals surface area (Å²) in [4.78, 5) is 16.4. The molecule has 0 bridgehead atoms. The molecule has 2 aromatic heterocycles. The van der Waals surface area contributed by atoms with E-state index in [0.717, 1.165) is 21.4 Å². The average Bonchev–Trinajstić information content (AvgIpc) is 2.97. The van der Waals surface area contributed by atoms with Crippen molar-refractivity contribution in [3.8, 4) is 0 Å². The molecule has 1 amide bonds. The first-order chi connectivity index (χ1) is 18.6. The summed E-state index contributed by atoms with van der Waals surface area (Å²) >= 11 is 1.45. The van der Waals surface area contributed by atoms with Gasteiger partial charge in [0.2, 0.25) is 0 Å². The Hall–Kier alpha value is -3.76. The summed E-state index contributed by atoms with van der Waals surface area (Å²) in [5.74, 6) is 0.340. The molecule has 3 atom stereocenters. The van der Waals surface area contributed by atoms with Crippen molar-refractivity contribution in [2.75, 3.05) is 11.1 Å². The minimum Gasteiger partial charge on any atom is -0.618 e. The van der Waals surface area contributed by atoms with Gasteiger partial charge >= 0.3 is 0 Å². The van der Waals surface area contributed by atoms with Crippen molar-refractivity contribution < 1.29 is 24.1 Å². The van der Waals surface area contributed by atoms with Crippen LogP contribution in [0.3, 0.4) is 0 Å². The molecule has 9 heteroatoms. The highest BCUT2D eigenvalue weighted by atomic mass is 32.2. The molecule has 8 nitrogen and oxygen atoms in total. The van der Waals surface area contributed by atoms with Crippen LogP contribution in [0.4, 0.5) is 5.69 Å². The van der Waals surface area contributed by atoms with Gasteiger partial charge in [0.25, 0.3) is 10.9 Å². The van der Waals surface area contributed by atoms with Crippen LogP contribution in [0, 0.1) is 5.21 Å². The van der Waals surface area contributed by atoms with Crippen LogP contribution in [0.2, 0.25) is 0 Å². The summed E-state index contributed by atoms with van der Waals surface area (Å²) in [6.07, 6.45) is 4.20. The molecule has 2 N–H and O–H groups in total. The van der Waals surface area contributed by atoms with Crippen LogP contribution in [-0.4, -0.2) is 27.9 Å². The number of carbonyl (C=O) groups is 1. The van der Waals surface area contributed by atoms with Gasteiger partial charge in [-0.15, -0.1) is 0 Å². The Balaban J connectivity index is 1.32. The Kier molecular flexibility index (Phi) is 8.30. The van der Waals surface area contributed by atoms with Gasteiger partial charge in [0.1, 0.15) is 0 Å². The summed E-state index contributed by atoms with van der Waals surface area (Å²) in [5.41, 5.74) is 3.76. The van der Waals surface area contributed by atoms with E-state index < -0.39 is 6.29 Å². The van der Waals surface area contributed by atoms with E-state index in [9.17, 15) is 15.1 Å². The zero-order chi connectivity index (χ0) is 26.3. The van der Waals surface area contributed by atoms with E-state index in [1.165, 1.54) is 24.2 Å². The van der Waals surface area contributed by atoms with E-state index in [-0.39, 0.29) is 24.7 Å². The maximum atomic E-state index is 12.5. The quantitative estimate of drug-likeness (QED) is 0.192. The van der Waals surface area contributed by atoms with E-state index in [4.69, 9.17) is 9.47 Å². The number of aromatic nitrogens is 2. The third-order valence-electron chi connectivity index (χ3n) is 6.19. The predicted molar refractivity (Wildman–Crippen MR) is 143 cm³/mol.